The molecule has 0 spiro atoms. The summed E-state index contributed by atoms with van der Waals surface area (Å²) < 4.78 is 2.64. The number of hydrogen-bond donors (Lipinski definition) is 1. The number of imidazole rings is 1. The number of carbonyl (C=O) groups excluding carboxylic acids is 1. The molecule has 1 N–H and O–H groups in total. The minimum absolute atomic E-state index is 0.266. The lowest BCUT2D eigenvalue weighted by Crippen LogP contribution is -2.17. The predicted octanol–water partition coefficient (Wildman–Crippen LogP) is 3.96. The Morgan fingerprint density at radius 2 is 2.23 bits per heavy atom. The van der Waals surface area contributed by atoms with Crippen LogP contribution in [-0.4, -0.2) is 20.3 Å². The van der Waals surface area contributed by atoms with Gasteiger partial charge >= 0.3 is 0 Å². The lowest BCUT2D eigenvalue weighted by Gasteiger charge is -2.06. The molecule has 0 aromatic carbocycles. The number of hydrogen-bond acceptors (Lipinski definition) is 3. The molecule has 5 nitrogen and oxygen atoms in total. The van der Waals surface area contributed by atoms with Crippen LogP contribution in [0.3, 0.4) is 0 Å². The fourth-order valence-electron chi connectivity index (χ4n) is 2.20. The van der Waals surface area contributed by atoms with Crippen molar-refractivity contribution in [2.45, 2.75) is 13.3 Å². The van der Waals surface area contributed by atoms with Crippen LogP contribution in [0.2, 0.25) is 5.02 Å². The van der Waals surface area contributed by atoms with Crippen molar-refractivity contribution >= 4 is 44.9 Å². The molecular formula is C15H12BrClN4O. The first-order valence-electron chi connectivity index (χ1n) is 6.68. The van der Waals surface area contributed by atoms with Gasteiger partial charge in [-0.15, -0.1) is 0 Å². The number of halogens is 2. The van der Waals surface area contributed by atoms with E-state index in [-0.39, 0.29) is 5.91 Å². The quantitative estimate of drug-likeness (QED) is 0.749. The smallest absolute Gasteiger partial charge is 0.275 e. The number of fused-ring (bicyclic) bond motifs is 1. The second-order valence-corrected chi connectivity index (χ2v) is 6.00. The number of anilines is 1. The van der Waals surface area contributed by atoms with Crippen LogP contribution in [0.5, 0.6) is 0 Å². The SMILES string of the molecule is CCc1nc2ccc(Br)cn2c1C(=O)Nc1cc(Cl)ccn1. The second kappa shape index (κ2) is 6.06. The third kappa shape index (κ3) is 2.84. The summed E-state index contributed by atoms with van der Waals surface area (Å²) in [5.74, 6) is 0.140. The summed E-state index contributed by atoms with van der Waals surface area (Å²) in [6.45, 7) is 1.96. The van der Waals surface area contributed by atoms with Crippen LogP contribution in [0, 0.1) is 0 Å². The summed E-state index contributed by atoms with van der Waals surface area (Å²) in [4.78, 5) is 21.2. The van der Waals surface area contributed by atoms with Crippen molar-refractivity contribution in [2.75, 3.05) is 5.32 Å². The zero-order chi connectivity index (χ0) is 15.7. The molecule has 1 amide bonds. The molecule has 0 aliphatic heterocycles. The summed E-state index contributed by atoms with van der Waals surface area (Å²) >= 11 is 9.33. The normalized spacial score (nSPS) is 10.9. The fraction of sp³-hybridized carbons (Fsp3) is 0.133. The van der Waals surface area contributed by atoms with Crippen LogP contribution < -0.4 is 5.32 Å². The van der Waals surface area contributed by atoms with Gasteiger partial charge in [-0.2, -0.15) is 0 Å². The first-order chi connectivity index (χ1) is 10.6. The van der Waals surface area contributed by atoms with E-state index in [1.807, 2.05) is 25.3 Å². The van der Waals surface area contributed by atoms with Gasteiger partial charge in [0.05, 0.1) is 5.69 Å². The van der Waals surface area contributed by atoms with Crippen LogP contribution in [0.15, 0.2) is 41.1 Å². The number of nitrogens with zero attached hydrogens (tertiary/aromatic N) is 3. The Morgan fingerprint density at radius 3 is 2.95 bits per heavy atom. The zero-order valence-corrected chi connectivity index (χ0v) is 14.0. The summed E-state index contributed by atoms with van der Waals surface area (Å²) in [5.41, 5.74) is 1.96. The molecule has 7 heteroatoms. The molecule has 112 valence electrons. The largest absolute Gasteiger partial charge is 0.305 e. The molecule has 3 rings (SSSR count). The lowest BCUT2D eigenvalue weighted by atomic mass is 10.2. The Morgan fingerprint density at radius 1 is 1.41 bits per heavy atom. The van der Waals surface area contributed by atoms with Gasteiger partial charge in [0.2, 0.25) is 0 Å². The van der Waals surface area contributed by atoms with Crippen LogP contribution in [0.25, 0.3) is 5.65 Å². The van der Waals surface area contributed by atoms with Gasteiger partial charge in [-0.05, 0) is 46.6 Å². The van der Waals surface area contributed by atoms with Gasteiger partial charge < -0.3 is 5.32 Å². The van der Waals surface area contributed by atoms with Gasteiger partial charge in [0.15, 0.2) is 0 Å². The Kier molecular flexibility index (Phi) is 4.13. The van der Waals surface area contributed by atoms with E-state index in [9.17, 15) is 4.79 Å². The van der Waals surface area contributed by atoms with Crippen LogP contribution in [0.4, 0.5) is 5.82 Å². The van der Waals surface area contributed by atoms with Crippen LogP contribution in [0.1, 0.15) is 23.1 Å². The molecule has 0 aliphatic carbocycles. The van der Waals surface area contributed by atoms with Crippen molar-refractivity contribution in [1.82, 2.24) is 14.4 Å². The highest BCUT2D eigenvalue weighted by atomic mass is 79.9. The van der Waals surface area contributed by atoms with E-state index in [4.69, 9.17) is 11.6 Å². The van der Waals surface area contributed by atoms with E-state index in [2.05, 4.69) is 31.2 Å². The van der Waals surface area contributed by atoms with Crippen LogP contribution >= 0.6 is 27.5 Å². The first-order valence-corrected chi connectivity index (χ1v) is 7.85. The van der Waals surface area contributed by atoms with Gasteiger partial charge in [0, 0.05) is 21.9 Å². The topological polar surface area (TPSA) is 59.3 Å². The van der Waals surface area contributed by atoms with Gasteiger partial charge in [-0.25, -0.2) is 9.97 Å². The summed E-state index contributed by atoms with van der Waals surface area (Å²) in [5, 5.41) is 3.28. The zero-order valence-electron chi connectivity index (χ0n) is 11.7. The molecule has 0 aliphatic rings. The standard InChI is InChI=1S/C15H12BrClN4O/c1-2-11-14(21-8-9(16)3-4-13(21)19-11)15(22)20-12-7-10(17)5-6-18-12/h3-8H,2H2,1H3,(H,18,20,22). The molecule has 0 saturated carbocycles. The van der Waals surface area contributed by atoms with Gasteiger partial charge in [-0.1, -0.05) is 18.5 Å². The summed E-state index contributed by atoms with van der Waals surface area (Å²) in [6.07, 6.45) is 4.02. The van der Waals surface area contributed by atoms with E-state index >= 15 is 0 Å². The molecule has 3 heterocycles. The Balaban J connectivity index is 2.04. The lowest BCUT2D eigenvalue weighted by molar-refractivity contribution is 0.102. The fourth-order valence-corrected chi connectivity index (χ4v) is 2.70. The molecular weight excluding hydrogens is 368 g/mol. The average Bonchev–Trinajstić information content (AvgIpc) is 2.85. The second-order valence-electron chi connectivity index (χ2n) is 4.65. The number of nitrogens with one attached hydrogen (secondary N) is 1. The minimum atomic E-state index is -0.266. The highest BCUT2D eigenvalue weighted by Gasteiger charge is 2.19. The van der Waals surface area contributed by atoms with Crippen molar-refractivity contribution in [2.24, 2.45) is 0 Å². The molecule has 3 aromatic heterocycles. The molecule has 0 radical (unpaired) electrons. The first kappa shape index (κ1) is 15.0. The highest BCUT2D eigenvalue weighted by Crippen LogP contribution is 2.19. The Labute approximate surface area is 140 Å². The Bertz CT molecular complexity index is 862. The third-order valence-electron chi connectivity index (χ3n) is 3.17. The minimum Gasteiger partial charge on any atom is -0.305 e. The number of rotatable bonds is 3. The van der Waals surface area contributed by atoms with E-state index in [1.165, 1.54) is 0 Å². The number of aromatic nitrogens is 3. The van der Waals surface area contributed by atoms with E-state index in [0.717, 1.165) is 15.8 Å². The van der Waals surface area contributed by atoms with E-state index in [1.54, 1.807) is 22.7 Å². The maximum Gasteiger partial charge on any atom is 0.275 e. The van der Waals surface area contributed by atoms with Crippen molar-refractivity contribution in [3.63, 3.8) is 0 Å². The number of amides is 1. The van der Waals surface area contributed by atoms with Gasteiger partial charge in [-0.3, -0.25) is 9.20 Å². The number of carbonyl (C=O) groups is 1. The molecule has 0 saturated heterocycles. The summed E-state index contributed by atoms with van der Waals surface area (Å²) in [7, 11) is 0. The monoisotopic (exact) mass is 378 g/mol. The number of aryl methyl sites for hydroxylation is 1. The molecule has 0 atom stereocenters. The van der Waals surface area contributed by atoms with Crippen molar-refractivity contribution in [3.8, 4) is 0 Å². The molecule has 0 bridgehead atoms. The van der Waals surface area contributed by atoms with Crippen molar-refractivity contribution in [3.05, 3.63) is 57.5 Å². The predicted molar refractivity (Wildman–Crippen MR) is 89.5 cm³/mol. The van der Waals surface area contributed by atoms with E-state index < -0.39 is 0 Å². The summed E-state index contributed by atoms with van der Waals surface area (Å²) in [6, 6.07) is 7.00. The van der Waals surface area contributed by atoms with Crippen LogP contribution in [-0.2, 0) is 6.42 Å². The van der Waals surface area contributed by atoms with Gasteiger partial charge in [0.25, 0.3) is 5.91 Å². The number of pyridine rings is 2. The van der Waals surface area contributed by atoms with Gasteiger partial charge in [0.1, 0.15) is 17.2 Å². The van der Waals surface area contributed by atoms with Crippen molar-refractivity contribution < 1.29 is 4.79 Å². The molecule has 0 fully saturated rings. The maximum atomic E-state index is 12.6. The molecule has 0 unspecified atom stereocenters. The van der Waals surface area contributed by atoms with E-state index in [0.29, 0.717) is 23.0 Å². The van der Waals surface area contributed by atoms with Crippen molar-refractivity contribution in [1.29, 1.82) is 0 Å². The third-order valence-corrected chi connectivity index (χ3v) is 3.87. The molecule has 22 heavy (non-hydrogen) atoms. The Hall–Kier alpha value is -1.92. The maximum absolute atomic E-state index is 12.6. The highest BCUT2D eigenvalue weighted by molar-refractivity contribution is 9.10. The average molecular weight is 380 g/mol. The molecule has 3 aromatic rings.